The molecule has 5 nitrogen and oxygen atoms in total. The third-order valence-corrected chi connectivity index (χ3v) is 8.57. The van der Waals surface area contributed by atoms with E-state index in [1.54, 1.807) is 48.5 Å². The summed E-state index contributed by atoms with van der Waals surface area (Å²) in [6.07, 6.45) is 0.201. The van der Waals surface area contributed by atoms with E-state index < -0.39 is 27.4 Å². The molecule has 0 amide bonds. The number of thiophene rings is 1. The second-order valence-electron chi connectivity index (χ2n) is 6.79. The van der Waals surface area contributed by atoms with Crippen LogP contribution in [0, 0.1) is 0 Å². The maximum atomic E-state index is 12.9. The second kappa shape index (κ2) is 7.41. The van der Waals surface area contributed by atoms with E-state index >= 15 is 0 Å². The highest BCUT2D eigenvalue weighted by Crippen LogP contribution is 2.52. The van der Waals surface area contributed by atoms with E-state index in [2.05, 4.69) is 4.72 Å². The van der Waals surface area contributed by atoms with Crippen LogP contribution in [0.4, 0.5) is 0 Å². The lowest BCUT2D eigenvalue weighted by molar-refractivity contribution is -0.140. The van der Waals surface area contributed by atoms with Crippen molar-refractivity contribution in [2.45, 2.75) is 22.1 Å². The number of halogens is 2. The summed E-state index contributed by atoms with van der Waals surface area (Å²) < 4.78 is 28.3. The van der Waals surface area contributed by atoms with Crippen molar-refractivity contribution < 1.29 is 18.3 Å². The minimum Gasteiger partial charge on any atom is -0.480 e. The Morgan fingerprint density at radius 3 is 2.48 bits per heavy atom. The van der Waals surface area contributed by atoms with E-state index in [1.165, 1.54) is 6.07 Å². The molecular formula is C20H15Cl2NO4S2. The van der Waals surface area contributed by atoms with Gasteiger partial charge in [-0.1, -0.05) is 59.6 Å². The fourth-order valence-corrected chi connectivity index (χ4v) is 6.65. The molecule has 3 aromatic rings. The van der Waals surface area contributed by atoms with Crippen LogP contribution in [0.2, 0.25) is 10.0 Å². The first-order valence-electron chi connectivity index (χ1n) is 8.60. The molecule has 0 saturated heterocycles. The molecule has 1 heterocycles. The van der Waals surface area contributed by atoms with Gasteiger partial charge < -0.3 is 5.11 Å². The molecular weight excluding hydrogens is 453 g/mol. The summed E-state index contributed by atoms with van der Waals surface area (Å²) in [5.74, 6) is -1.60. The van der Waals surface area contributed by atoms with E-state index in [1.807, 2.05) is 6.07 Å². The molecule has 0 unspecified atom stereocenters. The fraction of sp³-hybridized carbons (Fsp3) is 0.150. The van der Waals surface area contributed by atoms with Crippen LogP contribution in [0.3, 0.4) is 0 Å². The number of carboxylic acids is 1. The Labute approximate surface area is 182 Å². The molecule has 2 atom stereocenters. The number of nitrogens with one attached hydrogen (secondary N) is 1. The van der Waals surface area contributed by atoms with Crippen molar-refractivity contribution >= 4 is 50.5 Å². The molecule has 0 aliphatic heterocycles. The van der Waals surface area contributed by atoms with Crippen LogP contribution < -0.4 is 4.72 Å². The van der Waals surface area contributed by atoms with Gasteiger partial charge in [0.05, 0.1) is 5.02 Å². The molecule has 150 valence electrons. The van der Waals surface area contributed by atoms with Crippen molar-refractivity contribution in [1.82, 2.24) is 4.72 Å². The van der Waals surface area contributed by atoms with Crippen LogP contribution in [0.15, 0.2) is 64.9 Å². The third-order valence-electron chi connectivity index (χ3n) is 4.90. The summed E-state index contributed by atoms with van der Waals surface area (Å²) in [7, 11) is -4.03. The highest BCUT2D eigenvalue weighted by Gasteiger charge is 2.63. The molecule has 0 bridgehead atoms. The number of aliphatic carboxylic acids is 1. The molecule has 1 fully saturated rings. The fourth-order valence-electron chi connectivity index (χ4n) is 3.33. The molecule has 0 spiro atoms. The largest absolute Gasteiger partial charge is 0.480 e. The standard InChI is InChI=1S/C20H15Cl2NO4S2/c21-13-6-7-14(16(22)10-13)17-8-9-18(28-17)29(26,27)23-20(19(24)25)11-15(20)12-4-2-1-3-5-12/h1-10,15,23H,11H2,(H,24,25)/t15-,20-/m0/s1. The Kier molecular flexibility index (Phi) is 5.21. The normalized spacial score (nSPS) is 21.1. The average Bonchev–Trinajstić information content (AvgIpc) is 3.17. The highest BCUT2D eigenvalue weighted by molar-refractivity contribution is 7.91. The van der Waals surface area contributed by atoms with Gasteiger partial charge in [0, 0.05) is 21.4 Å². The van der Waals surface area contributed by atoms with E-state index in [0.717, 1.165) is 16.9 Å². The lowest BCUT2D eigenvalue weighted by atomic mass is 10.1. The van der Waals surface area contributed by atoms with Gasteiger partial charge in [-0.05, 0) is 36.2 Å². The molecule has 29 heavy (non-hydrogen) atoms. The van der Waals surface area contributed by atoms with Gasteiger partial charge in [0.1, 0.15) is 9.75 Å². The zero-order chi connectivity index (χ0) is 20.8. The summed E-state index contributed by atoms with van der Waals surface area (Å²) in [6, 6.07) is 17.1. The number of sulfonamides is 1. The molecule has 9 heteroatoms. The topological polar surface area (TPSA) is 83.5 Å². The molecule has 2 N–H and O–H groups in total. The molecule has 2 aromatic carbocycles. The summed E-state index contributed by atoms with van der Waals surface area (Å²) in [4.78, 5) is 12.6. The number of benzene rings is 2. The van der Waals surface area contributed by atoms with Crippen LogP contribution >= 0.6 is 34.5 Å². The predicted octanol–water partition coefficient (Wildman–Crippen LogP) is 5.01. The first-order valence-corrected chi connectivity index (χ1v) is 11.7. The van der Waals surface area contributed by atoms with Gasteiger partial charge in [0.25, 0.3) is 10.0 Å². The van der Waals surface area contributed by atoms with Gasteiger partial charge in [0.2, 0.25) is 0 Å². The predicted molar refractivity (Wildman–Crippen MR) is 114 cm³/mol. The maximum Gasteiger partial charge on any atom is 0.325 e. The Morgan fingerprint density at radius 2 is 1.83 bits per heavy atom. The van der Waals surface area contributed by atoms with Gasteiger partial charge in [-0.25, -0.2) is 8.42 Å². The van der Waals surface area contributed by atoms with Crippen molar-refractivity contribution in [2.75, 3.05) is 0 Å². The number of carbonyl (C=O) groups is 1. The zero-order valence-electron chi connectivity index (χ0n) is 14.8. The van der Waals surface area contributed by atoms with E-state index in [4.69, 9.17) is 23.2 Å². The third kappa shape index (κ3) is 3.81. The van der Waals surface area contributed by atoms with Gasteiger partial charge in [-0.15, -0.1) is 11.3 Å². The summed E-state index contributed by atoms with van der Waals surface area (Å²) in [5, 5.41) is 10.6. The quantitative estimate of drug-likeness (QED) is 0.533. The lowest BCUT2D eigenvalue weighted by Gasteiger charge is -2.14. The molecule has 1 aliphatic rings. The van der Waals surface area contributed by atoms with Crippen LogP contribution in [-0.2, 0) is 14.8 Å². The molecule has 1 aliphatic carbocycles. The molecule has 0 radical (unpaired) electrons. The Hall–Kier alpha value is -1.90. The Balaban J connectivity index is 1.62. The van der Waals surface area contributed by atoms with Crippen LogP contribution in [-0.4, -0.2) is 25.0 Å². The van der Waals surface area contributed by atoms with Gasteiger partial charge >= 0.3 is 5.97 Å². The van der Waals surface area contributed by atoms with Crippen molar-refractivity contribution in [2.24, 2.45) is 0 Å². The average molecular weight is 468 g/mol. The Morgan fingerprint density at radius 1 is 1.10 bits per heavy atom. The van der Waals surface area contributed by atoms with Crippen molar-refractivity contribution in [3.63, 3.8) is 0 Å². The van der Waals surface area contributed by atoms with Crippen LogP contribution in [0.1, 0.15) is 17.9 Å². The van der Waals surface area contributed by atoms with Gasteiger partial charge in [0.15, 0.2) is 0 Å². The first kappa shape index (κ1) is 20.4. The first-order chi connectivity index (χ1) is 13.7. The number of carboxylic acid groups (broad SMARTS) is 1. The monoisotopic (exact) mass is 467 g/mol. The summed E-state index contributed by atoms with van der Waals surface area (Å²) in [6.45, 7) is 0. The minimum atomic E-state index is -4.03. The van der Waals surface area contributed by atoms with Crippen molar-refractivity contribution in [3.05, 3.63) is 76.3 Å². The molecule has 4 rings (SSSR count). The maximum absolute atomic E-state index is 12.9. The van der Waals surface area contributed by atoms with E-state index in [-0.39, 0.29) is 10.6 Å². The van der Waals surface area contributed by atoms with Crippen molar-refractivity contribution in [3.8, 4) is 10.4 Å². The Bertz CT molecular complexity index is 1190. The molecule has 1 saturated carbocycles. The zero-order valence-corrected chi connectivity index (χ0v) is 17.9. The van der Waals surface area contributed by atoms with Gasteiger partial charge in [-0.2, -0.15) is 4.72 Å². The van der Waals surface area contributed by atoms with E-state index in [0.29, 0.717) is 20.5 Å². The number of rotatable bonds is 6. The summed E-state index contributed by atoms with van der Waals surface area (Å²) in [5.41, 5.74) is -0.0936. The highest BCUT2D eigenvalue weighted by atomic mass is 35.5. The van der Waals surface area contributed by atoms with Crippen molar-refractivity contribution in [1.29, 1.82) is 0 Å². The van der Waals surface area contributed by atoms with Crippen LogP contribution in [0.5, 0.6) is 0 Å². The lowest BCUT2D eigenvalue weighted by Crippen LogP contribution is -2.44. The smallest absolute Gasteiger partial charge is 0.325 e. The second-order valence-corrected chi connectivity index (χ2v) is 10.6. The van der Waals surface area contributed by atoms with Crippen LogP contribution in [0.25, 0.3) is 10.4 Å². The minimum absolute atomic E-state index is 0.0258. The van der Waals surface area contributed by atoms with Gasteiger partial charge in [-0.3, -0.25) is 4.79 Å². The number of hydrogen-bond donors (Lipinski definition) is 2. The number of hydrogen-bond acceptors (Lipinski definition) is 4. The SMILES string of the molecule is O=C(O)[C@]1(NS(=O)(=O)c2ccc(-c3ccc(Cl)cc3Cl)s2)C[C@H]1c1ccccc1. The summed E-state index contributed by atoms with van der Waals surface area (Å²) >= 11 is 13.1. The molecule has 1 aromatic heterocycles. The van der Waals surface area contributed by atoms with E-state index in [9.17, 15) is 18.3 Å².